The molecule has 2 aliphatic rings. The normalized spacial score (nSPS) is 28.9. The summed E-state index contributed by atoms with van der Waals surface area (Å²) in [7, 11) is 0. The number of nitrogens with two attached hydrogens (primary N) is 1. The smallest absolute Gasteiger partial charge is 0.0767 e. The van der Waals surface area contributed by atoms with Gasteiger partial charge in [0.1, 0.15) is 0 Å². The summed E-state index contributed by atoms with van der Waals surface area (Å²) in [4.78, 5) is 5.27. The highest BCUT2D eigenvalue weighted by Crippen LogP contribution is 2.22. The van der Waals surface area contributed by atoms with Gasteiger partial charge in [0.2, 0.25) is 0 Å². The molecule has 2 heterocycles. The standard InChI is InChI=1S/C15H31N3O/c1-2-15(19,13-16)7-4-8-17-9-5-11-18-10-3-6-14(18)12-17/h14,19H,2-13,16H2,1H3. The lowest BCUT2D eigenvalue weighted by Gasteiger charge is -2.28. The van der Waals surface area contributed by atoms with Crippen LogP contribution in [-0.4, -0.2) is 65.8 Å². The van der Waals surface area contributed by atoms with E-state index in [0.29, 0.717) is 6.54 Å². The molecule has 112 valence electrons. The molecule has 0 spiro atoms. The van der Waals surface area contributed by atoms with Gasteiger partial charge in [-0.3, -0.25) is 4.90 Å². The monoisotopic (exact) mass is 269 g/mol. The van der Waals surface area contributed by atoms with E-state index < -0.39 is 5.60 Å². The van der Waals surface area contributed by atoms with Gasteiger partial charge in [0.05, 0.1) is 5.60 Å². The summed E-state index contributed by atoms with van der Waals surface area (Å²) < 4.78 is 0. The van der Waals surface area contributed by atoms with Gasteiger partial charge in [0.25, 0.3) is 0 Å². The predicted octanol–water partition coefficient (Wildman–Crippen LogP) is 1.04. The zero-order chi connectivity index (χ0) is 13.7. The lowest BCUT2D eigenvalue weighted by molar-refractivity contribution is 0.0314. The Morgan fingerprint density at radius 1 is 1.26 bits per heavy atom. The van der Waals surface area contributed by atoms with Crippen molar-refractivity contribution in [3.05, 3.63) is 0 Å². The maximum atomic E-state index is 10.2. The summed E-state index contributed by atoms with van der Waals surface area (Å²) in [5.74, 6) is 0. The lowest BCUT2D eigenvalue weighted by atomic mass is 9.95. The fourth-order valence-electron chi connectivity index (χ4n) is 3.54. The minimum atomic E-state index is -0.634. The quantitative estimate of drug-likeness (QED) is 0.756. The highest BCUT2D eigenvalue weighted by atomic mass is 16.3. The molecule has 4 nitrogen and oxygen atoms in total. The third-order valence-electron chi connectivity index (χ3n) is 5.04. The summed E-state index contributed by atoms with van der Waals surface area (Å²) in [6.07, 6.45) is 6.71. The molecule has 3 N–H and O–H groups in total. The van der Waals surface area contributed by atoms with E-state index in [4.69, 9.17) is 5.73 Å². The van der Waals surface area contributed by atoms with Gasteiger partial charge in [0.15, 0.2) is 0 Å². The van der Waals surface area contributed by atoms with Crippen molar-refractivity contribution < 1.29 is 5.11 Å². The predicted molar refractivity (Wildman–Crippen MR) is 79.2 cm³/mol. The van der Waals surface area contributed by atoms with Gasteiger partial charge >= 0.3 is 0 Å². The maximum absolute atomic E-state index is 10.2. The minimum Gasteiger partial charge on any atom is -0.389 e. The van der Waals surface area contributed by atoms with Crippen LogP contribution in [0.5, 0.6) is 0 Å². The van der Waals surface area contributed by atoms with Crippen molar-refractivity contribution in [2.75, 3.05) is 39.3 Å². The van der Waals surface area contributed by atoms with E-state index in [1.807, 2.05) is 6.92 Å². The van der Waals surface area contributed by atoms with Crippen LogP contribution in [0.4, 0.5) is 0 Å². The molecule has 0 bridgehead atoms. The first-order valence-corrected chi connectivity index (χ1v) is 8.06. The second-order valence-corrected chi connectivity index (χ2v) is 6.37. The summed E-state index contributed by atoms with van der Waals surface area (Å²) >= 11 is 0. The first kappa shape index (κ1) is 15.2. The molecule has 0 amide bonds. The van der Waals surface area contributed by atoms with Crippen molar-refractivity contribution in [2.24, 2.45) is 5.73 Å². The van der Waals surface area contributed by atoms with E-state index in [-0.39, 0.29) is 0 Å². The Labute approximate surface area is 117 Å². The van der Waals surface area contributed by atoms with E-state index in [0.717, 1.165) is 31.8 Å². The highest BCUT2D eigenvalue weighted by Gasteiger charge is 2.29. The molecule has 0 saturated carbocycles. The van der Waals surface area contributed by atoms with Crippen molar-refractivity contribution in [3.8, 4) is 0 Å². The third kappa shape index (κ3) is 4.15. The number of hydrogen-bond acceptors (Lipinski definition) is 4. The van der Waals surface area contributed by atoms with Crippen LogP contribution in [0.1, 0.15) is 45.4 Å². The Morgan fingerprint density at radius 2 is 2.05 bits per heavy atom. The summed E-state index contributed by atoms with van der Waals surface area (Å²) in [6, 6.07) is 0.794. The molecular weight excluding hydrogens is 238 g/mol. The fraction of sp³-hybridized carbons (Fsp3) is 1.00. The highest BCUT2D eigenvalue weighted by molar-refractivity contribution is 4.85. The Morgan fingerprint density at radius 3 is 2.79 bits per heavy atom. The molecule has 0 aromatic rings. The summed E-state index contributed by atoms with van der Waals surface area (Å²) in [5.41, 5.74) is 5.03. The van der Waals surface area contributed by atoms with Gasteiger partial charge < -0.3 is 15.7 Å². The fourth-order valence-corrected chi connectivity index (χ4v) is 3.54. The molecule has 2 atom stereocenters. The second-order valence-electron chi connectivity index (χ2n) is 6.37. The molecule has 2 fully saturated rings. The van der Waals surface area contributed by atoms with E-state index >= 15 is 0 Å². The molecule has 0 aromatic heterocycles. The second kappa shape index (κ2) is 7.02. The van der Waals surface area contributed by atoms with Gasteiger partial charge in [0, 0.05) is 19.1 Å². The number of nitrogens with zero attached hydrogens (tertiary/aromatic N) is 2. The topological polar surface area (TPSA) is 52.7 Å². The molecule has 19 heavy (non-hydrogen) atoms. The van der Waals surface area contributed by atoms with Crippen LogP contribution in [0.2, 0.25) is 0 Å². The van der Waals surface area contributed by atoms with Gasteiger partial charge in [-0.2, -0.15) is 0 Å². The van der Waals surface area contributed by atoms with Crippen molar-refractivity contribution in [1.82, 2.24) is 9.80 Å². The van der Waals surface area contributed by atoms with Crippen molar-refractivity contribution in [3.63, 3.8) is 0 Å². The SMILES string of the molecule is CCC(O)(CN)CCCN1CCCN2CCCC2C1. The molecule has 0 aromatic carbocycles. The van der Waals surface area contributed by atoms with Crippen LogP contribution in [0.25, 0.3) is 0 Å². The maximum Gasteiger partial charge on any atom is 0.0767 e. The molecule has 2 unspecified atom stereocenters. The molecule has 0 aliphatic carbocycles. The van der Waals surface area contributed by atoms with Crippen LogP contribution in [0.3, 0.4) is 0 Å². The number of hydrogen-bond donors (Lipinski definition) is 2. The van der Waals surface area contributed by atoms with E-state index in [9.17, 15) is 5.11 Å². The first-order chi connectivity index (χ1) is 9.17. The Bertz CT molecular complexity index is 268. The van der Waals surface area contributed by atoms with Gasteiger partial charge in [-0.25, -0.2) is 0 Å². The average Bonchev–Trinajstić information content (AvgIpc) is 2.77. The zero-order valence-electron chi connectivity index (χ0n) is 12.5. The van der Waals surface area contributed by atoms with Crippen LogP contribution >= 0.6 is 0 Å². The number of aliphatic hydroxyl groups is 1. The lowest BCUT2D eigenvalue weighted by Crippen LogP contribution is -2.39. The van der Waals surface area contributed by atoms with Crippen LogP contribution in [0.15, 0.2) is 0 Å². The summed E-state index contributed by atoms with van der Waals surface area (Å²) in [5, 5.41) is 10.2. The third-order valence-corrected chi connectivity index (χ3v) is 5.04. The van der Waals surface area contributed by atoms with Crippen LogP contribution in [0, 0.1) is 0 Å². The van der Waals surface area contributed by atoms with Gasteiger partial charge in [-0.15, -0.1) is 0 Å². The zero-order valence-corrected chi connectivity index (χ0v) is 12.5. The Balaban J connectivity index is 1.73. The van der Waals surface area contributed by atoms with Crippen LogP contribution in [-0.2, 0) is 0 Å². The largest absolute Gasteiger partial charge is 0.389 e. The number of rotatable bonds is 6. The van der Waals surface area contributed by atoms with E-state index in [2.05, 4.69) is 9.80 Å². The van der Waals surface area contributed by atoms with E-state index in [1.54, 1.807) is 0 Å². The molecule has 0 radical (unpaired) electrons. The van der Waals surface area contributed by atoms with Gasteiger partial charge in [-0.1, -0.05) is 6.92 Å². The van der Waals surface area contributed by atoms with E-state index in [1.165, 1.54) is 45.4 Å². The molecule has 2 aliphatic heterocycles. The molecule has 2 rings (SSSR count). The molecular formula is C15H31N3O. The van der Waals surface area contributed by atoms with Crippen molar-refractivity contribution in [1.29, 1.82) is 0 Å². The van der Waals surface area contributed by atoms with Crippen LogP contribution < -0.4 is 5.73 Å². The molecule has 4 heteroatoms. The van der Waals surface area contributed by atoms with Crippen molar-refractivity contribution >= 4 is 0 Å². The van der Waals surface area contributed by atoms with Crippen molar-refractivity contribution in [2.45, 2.75) is 57.1 Å². The Kier molecular flexibility index (Phi) is 5.63. The minimum absolute atomic E-state index is 0.389. The van der Waals surface area contributed by atoms with Gasteiger partial charge in [-0.05, 0) is 64.7 Å². The Hall–Kier alpha value is -0.160. The summed E-state index contributed by atoms with van der Waals surface area (Å²) in [6.45, 7) is 8.57. The first-order valence-electron chi connectivity index (χ1n) is 8.06. The number of fused-ring (bicyclic) bond motifs is 1. The molecule has 2 saturated heterocycles. The average molecular weight is 269 g/mol.